The standard InChI is InChI=1S/C18H21N3O/c1-22-17(19)12-10-11-6-8-21-9-7-18(16(11)21)13-4-2-3-5-14(13)20-15(12)18/h2-5,11,16H,6-10,19H2,1H3/b17-12+/t11-,16-,18-/m1/s1. The Morgan fingerprint density at radius 1 is 1.36 bits per heavy atom. The van der Waals surface area contributed by atoms with Gasteiger partial charge < -0.3 is 10.5 Å². The van der Waals surface area contributed by atoms with E-state index < -0.39 is 0 Å². The van der Waals surface area contributed by atoms with Crippen LogP contribution < -0.4 is 5.73 Å². The van der Waals surface area contributed by atoms with Crippen LogP contribution in [-0.2, 0) is 10.2 Å². The first kappa shape index (κ1) is 12.7. The van der Waals surface area contributed by atoms with Crippen LogP contribution in [0.25, 0.3) is 0 Å². The lowest BCUT2D eigenvalue weighted by atomic mass is 9.61. The molecule has 3 heterocycles. The van der Waals surface area contributed by atoms with Crippen LogP contribution in [-0.4, -0.2) is 36.9 Å². The van der Waals surface area contributed by atoms with Crippen molar-refractivity contribution in [2.24, 2.45) is 16.6 Å². The smallest absolute Gasteiger partial charge is 0.188 e. The van der Waals surface area contributed by atoms with Crippen LogP contribution in [0.4, 0.5) is 5.69 Å². The van der Waals surface area contributed by atoms with E-state index >= 15 is 0 Å². The SMILES string of the molecule is CO/C(N)=C1\C[C@H]2CCN3CC[C@@]4(C1=Nc1ccccc14)[C@@H]23. The van der Waals surface area contributed by atoms with Crippen LogP contribution in [0.15, 0.2) is 40.7 Å². The van der Waals surface area contributed by atoms with E-state index in [1.54, 1.807) is 7.11 Å². The summed E-state index contributed by atoms with van der Waals surface area (Å²) in [5.74, 6) is 1.24. The van der Waals surface area contributed by atoms with Crippen molar-refractivity contribution in [3.8, 4) is 0 Å². The van der Waals surface area contributed by atoms with E-state index in [0.717, 1.165) is 24.1 Å². The number of fused-ring (bicyclic) bond motifs is 1. The van der Waals surface area contributed by atoms with Gasteiger partial charge in [-0.2, -0.15) is 0 Å². The normalized spacial score (nSPS) is 37.4. The molecule has 22 heavy (non-hydrogen) atoms. The van der Waals surface area contributed by atoms with Gasteiger partial charge in [-0.3, -0.25) is 9.89 Å². The Kier molecular flexibility index (Phi) is 2.39. The molecule has 0 aromatic heterocycles. The average molecular weight is 295 g/mol. The molecule has 1 spiro atoms. The minimum absolute atomic E-state index is 0.0501. The molecule has 1 aromatic rings. The number of nitrogens with zero attached hydrogens (tertiary/aromatic N) is 2. The number of rotatable bonds is 1. The zero-order valence-corrected chi connectivity index (χ0v) is 12.9. The second-order valence-corrected chi connectivity index (χ2v) is 6.98. The maximum atomic E-state index is 6.21. The quantitative estimate of drug-likeness (QED) is 0.809. The van der Waals surface area contributed by atoms with Gasteiger partial charge in [0.15, 0.2) is 5.88 Å². The van der Waals surface area contributed by atoms with Gasteiger partial charge >= 0.3 is 0 Å². The molecule has 4 aliphatic rings. The van der Waals surface area contributed by atoms with Crippen LogP contribution in [0.3, 0.4) is 0 Å². The molecule has 4 nitrogen and oxygen atoms in total. The largest absolute Gasteiger partial charge is 0.482 e. The molecule has 0 unspecified atom stereocenters. The van der Waals surface area contributed by atoms with E-state index in [0.29, 0.717) is 17.8 Å². The fourth-order valence-electron chi connectivity index (χ4n) is 5.46. The Labute approximate surface area is 130 Å². The second kappa shape index (κ2) is 4.13. The van der Waals surface area contributed by atoms with Gasteiger partial charge in [0.05, 0.1) is 23.9 Å². The minimum atomic E-state index is 0.0501. The van der Waals surface area contributed by atoms with Crippen molar-refractivity contribution in [3.63, 3.8) is 0 Å². The van der Waals surface area contributed by atoms with E-state index in [1.807, 2.05) is 0 Å². The third kappa shape index (κ3) is 1.30. The summed E-state index contributed by atoms with van der Waals surface area (Å²) in [4.78, 5) is 7.71. The van der Waals surface area contributed by atoms with E-state index in [2.05, 4.69) is 29.2 Å². The molecule has 1 saturated carbocycles. The summed E-state index contributed by atoms with van der Waals surface area (Å²) < 4.78 is 5.41. The van der Waals surface area contributed by atoms with Gasteiger partial charge in [-0.25, -0.2) is 0 Å². The van der Waals surface area contributed by atoms with Crippen molar-refractivity contribution in [3.05, 3.63) is 41.3 Å². The third-order valence-electron chi connectivity index (χ3n) is 6.23. The van der Waals surface area contributed by atoms with Crippen LogP contribution in [0, 0.1) is 5.92 Å². The maximum absolute atomic E-state index is 6.21. The highest BCUT2D eigenvalue weighted by atomic mass is 16.5. The summed E-state index contributed by atoms with van der Waals surface area (Å²) in [6.07, 6.45) is 3.43. The lowest BCUT2D eigenvalue weighted by molar-refractivity contribution is 0.238. The number of allylic oxidation sites excluding steroid dienone is 1. The first-order valence-electron chi connectivity index (χ1n) is 8.21. The minimum Gasteiger partial charge on any atom is -0.482 e. The molecule has 0 amide bonds. The first-order chi connectivity index (χ1) is 10.8. The molecule has 4 heteroatoms. The number of methoxy groups -OCH3 is 1. The number of benzene rings is 1. The van der Waals surface area contributed by atoms with Gasteiger partial charge in [0.25, 0.3) is 0 Å². The van der Waals surface area contributed by atoms with Gasteiger partial charge in [0.2, 0.25) is 0 Å². The zero-order chi connectivity index (χ0) is 14.9. The zero-order valence-electron chi connectivity index (χ0n) is 12.9. The first-order valence-corrected chi connectivity index (χ1v) is 8.21. The van der Waals surface area contributed by atoms with Crippen LogP contribution in [0.1, 0.15) is 24.8 Å². The van der Waals surface area contributed by atoms with Crippen LogP contribution in [0.5, 0.6) is 0 Å². The molecule has 3 atom stereocenters. The molecule has 0 bridgehead atoms. The highest BCUT2D eigenvalue weighted by Gasteiger charge is 2.62. The molecule has 0 radical (unpaired) electrons. The van der Waals surface area contributed by atoms with Crippen LogP contribution >= 0.6 is 0 Å². The highest BCUT2D eigenvalue weighted by molar-refractivity contribution is 6.14. The summed E-state index contributed by atoms with van der Waals surface area (Å²) >= 11 is 0. The molecule has 2 saturated heterocycles. The Morgan fingerprint density at radius 2 is 2.23 bits per heavy atom. The molecule has 2 N–H and O–H groups in total. The molecule has 3 fully saturated rings. The average Bonchev–Trinajstić information content (AvgIpc) is 3.22. The van der Waals surface area contributed by atoms with Gasteiger partial charge in [0.1, 0.15) is 0 Å². The highest BCUT2D eigenvalue weighted by Crippen LogP contribution is 2.59. The summed E-state index contributed by atoms with van der Waals surface area (Å²) in [5.41, 5.74) is 11.2. The molecule has 3 aliphatic heterocycles. The molecule has 1 aliphatic carbocycles. The number of ether oxygens (including phenoxy) is 1. The Bertz CT molecular complexity index is 723. The van der Waals surface area contributed by atoms with Crippen molar-refractivity contribution < 1.29 is 4.74 Å². The lowest BCUT2D eigenvalue weighted by Crippen LogP contribution is -2.51. The van der Waals surface area contributed by atoms with Gasteiger partial charge in [0, 0.05) is 11.6 Å². The lowest BCUT2D eigenvalue weighted by Gasteiger charge is -2.42. The number of hydrogen-bond acceptors (Lipinski definition) is 4. The maximum Gasteiger partial charge on any atom is 0.188 e. The third-order valence-corrected chi connectivity index (χ3v) is 6.23. The summed E-state index contributed by atoms with van der Waals surface area (Å²) in [5, 5.41) is 0. The number of para-hydroxylation sites is 1. The summed E-state index contributed by atoms with van der Waals surface area (Å²) in [6.45, 7) is 2.39. The van der Waals surface area contributed by atoms with Crippen molar-refractivity contribution in [1.29, 1.82) is 0 Å². The Hall–Kier alpha value is -1.81. The van der Waals surface area contributed by atoms with Crippen molar-refractivity contribution in [2.45, 2.75) is 30.7 Å². The predicted octanol–water partition coefficient (Wildman–Crippen LogP) is 2.33. The van der Waals surface area contributed by atoms with Gasteiger partial charge in [-0.1, -0.05) is 18.2 Å². The number of nitrogens with two attached hydrogens (primary N) is 1. The van der Waals surface area contributed by atoms with Crippen molar-refractivity contribution in [1.82, 2.24) is 4.90 Å². The van der Waals surface area contributed by atoms with E-state index in [9.17, 15) is 0 Å². The van der Waals surface area contributed by atoms with Gasteiger partial charge in [-0.15, -0.1) is 0 Å². The topological polar surface area (TPSA) is 50.9 Å². The molecular weight excluding hydrogens is 274 g/mol. The fourth-order valence-corrected chi connectivity index (χ4v) is 5.46. The predicted molar refractivity (Wildman–Crippen MR) is 86.1 cm³/mol. The fraction of sp³-hybridized carbons (Fsp3) is 0.500. The Morgan fingerprint density at radius 3 is 3.09 bits per heavy atom. The number of aliphatic imine (C=N–C) groups is 1. The van der Waals surface area contributed by atoms with E-state index in [1.165, 1.54) is 30.8 Å². The molecule has 5 rings (SSSR count). The molecular formula is C18H21N3O. The van der Waals surface area contributed by atoms with Crippen LogP contribution in [0.2, 0.25) is 0 Å². The monoisotopic (exact) mass is 295 g/mol. The second-order valence-electron chi connectivity index (χ2n) is 6.98. The van der Waals surface area contributed by atoms with Crippen molar-refractivity contribution in [2.75, 3.05) is 20.2 Å². The summed E-state index contributed by atoms with van der Waals surface area (Å²) in [7, 11) is 1.67. The Balaban J connectivity index is 1.79. The summed E-state index contributed by atoms with van der Waals surface area (Å²) in [6, 6.07) is 9.25. The van der Waals surface area contributed by atoms with Crippen molar-refractivity contribution >= 4 is 11.4 Å². The molecule has 1 aromatic carbocycles. The van der Waals surface area contributed by atoms with E-state index in [-0.39, 0.29) is 5.41 Å². The van der Waals surface area contributed by atoms with Gasteiger partial charge in [-0.05, 0) is 49.9 Å². The number of hydrogen-bond donors (Lipinski definition) is 1. The molecule has 114 valence electrons. The van der Waals surface area contributed by atoms with E-state index in [4.69, 9.17) is 15.5 Å².